The largest absolute Gasteiger partial charge is 0.390 e. The molecule has 1 aromatic rings. The van der Waals surface area contributed by atoms with Crippen LogP contribution >= 0.6 is 11.6 Å². The number of aliphatic hydroxyl groups is 1. The van der Waals surface area contributed by atoms with Crippen molar-refractivity contribution >= 4 is 33.2 Å². The van der Waals surface area contributed by atoms with E-state index in [9.17, 15) is 18.3 Å². The molecule has 2 aliphatic heterocycles. The molecule has 2 amide bonds. The van der Waals surface area contributed by atoms with E-state index in [1.165, 1.54) is 0 Å². The third kappa shape index (κ3) is 3.83. The highest BCUT2D eigenvalue weighted by atomic mass is 35.5. The van der Waals surface area contributed by atoms with Gasteiger partial charge in [-0.2, -0.15) is 0 Å². The van der Waals surface area contributed by atoms with Crippen molar-refractivity contribution in [3.63, 3.8) is 0 Å². The van der Waals surface area contributed by atoms with Crippen molar-refractivity contribution in [1.29, 1.82) is 0 Å². The molecule has 2 heterocycles. The van der Waals surface area contributed by atoms with E-state index in [1.807, 2.05) is 4.90 Å². The molecule has 9 heteroatoms. The maximum absolute atomic E-state index is 12.3. The number of aliphatic hydroxyl groups excluding tert-OH is 1. The zero-order chi connectivity index (χ0) is 17.3. The van der Waals surface area contributed by atoms with Crippen LogP contribution in [0.2, 0.25) is 5.02 Å². The SMILES string of the molecule is O=C(Nc1ccccc1Cl)N1CCN([C@@H]2CS(=O)(=O)C[C@@H]2O)CC1. The van der Waals surface area contributed by atoms with E-state index < -0.39 is 15.9 Å². The summed E-state index contributed by atoms with van der Waals surface area (Å²) in [6.07, 6.45) is -0.849. The average Bonchev–Trinajstić information content (AvgIpc) is 2.82. The lowest BCUT2D eigenvalue weighted by molar-refractivity contribution is 0.0545. The molecule has 0 aromatic heterocycles. The number of carbonyl (C=O) groups excluding carboxylic acids is 1. The number of para-hydroxylation sites is 1. The van der Waals surface area contributed by atoms with Crippen molar-refractivity contribution in [2.75, 3.05) is 43.0 Å². The highest BCUT2D eigenvalue weighted by Gasteiger charge is 2.41. The van der Waals surface area contributed by atoms with Crippen LogP contribution in [0.4, 0.5) is 10.5 Å². The van der Waals surface area contributed by atoms with Crippen molar-refractivity contribution in [2.45, 2.75) is 12.1 Å². The maximum Gasteiger partial charge on any atom is 0.321 e. The van der Waals surface area contributed by atoms with E-state index in [2.05, 4.69) is 5.32 Å². The molecule has 0 radical (unpaired) electrons. The number of anilines is 1. The second-order valence-corrected chi connectivity index (χ2v) is 8.71. The van der Waals surface area contributed by atoms with E-state index in [0.29, 0.717) is 36.9 Å². The summed E-state index contributed by atoms with van der Waals surface area (Å²) in [4.78, 5) is 15.9. The number of piperazine rings is 1. The standard InChI is InChI=1S/C15H20ClN3O4S/c16-11-3-1-2-4-12(11)17-15(21)19-7-5-18(6-8-19)13-9-24(22,23)10-14(13)20/h1-4,13-14,20H,5-10H2,(H,17,21)/t13-,14+/m1/s1. The first kappa shape index (κ1) is 17.5. The van der Waals surface area contributed by atoms with Crippen LogP contribution < -0.4 is 5.32 Å². The number of benzene rings is 1. The first-order valence-corrected chi connectivity index (χ1v) is 9.99. The first-order chi connectivity index (χ1) is 11.4. The van der Waals surface area contributed by atoms with E-state index in [-0.39, 0.29) is 23.6 Å². The van der Waals surface area contributed by atoms with Crippen LogP contribution in [0.1, 0.15) is 0 Å². The minimum absolute atomic E-state index is 0.0139. The molecule has 0 unspecified atom stereocenters. The molecule has 3 rings (SSSR count). The van der Waals surface area contributed by atoms with E-state index >= 15 is 0 Å². The molecular formula is C15H20ClN3O4S. The van der Waals surface area contributed by atoms with Gasteiger partial charge in [-0.05, 0) is 12.1 Å². The monoisotopic (exact) mass is 373 g/mol. The Bertz CT molecular complexity index is 719. The van der Waals surface area contributed by atoms with E-state index in [4.69, 9.17) is 11.6 Å². The lowest BCUT2D eigenvalue weighted by Crippen LogP contribution is -2.55. The van der Waals surface area contributed by atoms with Gasteiger partial charge in [-0.1, -0.05) is 23.7 Å². The molecule has 132 valence electrons. The van der Waals surface area contributed by atoms with Gasteiger partial charge in [-0.3, -0.25) is 4.90 Å². The number of sulfone groups is 1. The van der Waals surface area contributed by atoms with E-state index in [0.717, 1.165) is 0 Å². The Hall–Kier alpha value is -1.35. The van der Waals surface area contributed by atoms with E-state index in [1.54, 1.807) is 29.2 Å². The Labute approximate surface area is 146 Å². The van der Waals surface area contributed by atoms with Crippen LogP contribution in [0, 0.1) is 0 Å². The Morgan fingerprint density at radius 1 is 1.17 bits per heavy atom. The lowest BCUT2D eigenvalue weighted by Gasteiger charge is -2.38. The van der Waals surface area contributed by atoms with Crippen molar-refractivity contribution in [3.05, 3.63) is 29.3 Å². The molecular weight excluding hydrogens is 354 g/mol. The van der Waals surface area contributed by atoms with Crippen molar-refractivity contribution in [3.8, 4) is 0 Å². The van der Waals surface area contributed by atoms with Crippen LogP contribution in [-0.2, 0) is 9.84 Å². The highest BCUT2D eigenvalue weighted by molar-refractivity contribution is 7.91. The van der Waals surface area contributed by atoms with Gasteiger partial charge in [-0.15, -0.1) is 0 Å². The van der Waals surface area contributed by atoms with Gasteiger partial charge in [0.2, 0.25) is 0 Å². The summed E-state index contributed by atoms with van der Waals surface area (Å²) in [6, 6.07) is 6.41. The number of urea groups is 1. The quantitative estimate of drug-likeness (QED) is 0.794. The zero-order valence-electron chi connectivity index (χ0n) is 13.1. The summed E-state index contributed by atoms with van der Waals surface area (Å²) < 4.78 is 23.3. The third-order valence-corrected chi connectivity index (χ3v) is 6.51. The number of nitrogens with zero attached hydrogens (tertiary/aromatic N) is 2. The summed E-state index contributed by atoms with van der Waals surface area (Å²) in [6.45, 7) is 2.01. The fourth-order valence-corrected chi connectivity index (χ4v) is 5.19. The molecule has 2 atom stereocenters. The summed E-state index contributed by atoms with van der Waals surface area (Å²) in [7, 11) is -3.17. The molecule has 0 saturated carbocycles. The minimum atomic E-state index is -3.17. The summed E-state index contributed by atoms with van der Waals surface area (Å²) in [5.41, 5.74) is 0.559. The van der Waals surface area contributed by atoms with Crippen molar-refractivity contribution in [2.24, 2.45) is 0 Å². The lowest BCUT2D eigenvalue weighted by atomic mass is 10.1. The second-order valence-electron chi connectivity index (χ2n) is 6.14. The molecule has 2 fully saturated rings. The van der Waals surface area contributed by atoms with Crippen LogP contribution in [0.3, 0.4) is 0 Å². The summed E-state index contributed by atoms with van der Waals surface area (Å²) >= 11 is 6.03. The first-order valence-electron chi connectivity index (χ1n) is 7.79. The molecule has 0 spiro atoms. The molecule has 7 nitrogen and oxygen atoms in total. The third-order valence-electron chi connectivity index (χ3n) is 4.48. The molecule has 1 aromatic carbocycles. The van der Waals surface area contributed by atoms with Crippen molar-refractivity contribution in [1.82, 2.24) is 9.80 Å². The van der Waals surface area contributed by atoms with Gasteiger partial charge in [0.05, 0.1) is 34.4 Å². The minimum Gasteiger partial charge on any atom is -0.390 e. The number of rotatable bonds is 2. The number of hydrogen-bond donors (Lipinski definition) is 2. The topological polar surface area (TPSA) is 90.0 Å². The molecule has 24 heavy (non-hydrogen) atoms. The van der Waals surface area contributed by atoms with Crippen LogP contribution in [0.25, 0.3) is 0 Å². The van der Waals surface area contributed by atoms with Gasteiger partial charge in [0.15, 0.2) is 9.84 Å². The number of hydrogen-bond acceptors (Lipinski definition) is 5. The number of halogens is 1. The van der Waals surface area contributed by atoms with Crippen LogP contribution in [0.15, 0.2) is 24.3 Å². The van der Waals surface area contributed by atoms with Gasteiger partial charge in [0.25, 0.3) is 0 Å². The summed E-state index contributed by atoms with van der Waals surface area (Å²) in [5.74, 6) is -0.190. The fourth-order valence-electron chi connectivity index (χ4n) is 3.17. The van der Waals surface area contributed by atoms with Gasteiger partial charge < -0.3 is 15.3 Å². The number of carbonyl (C=O) groups is 1. The molecule has 0 bridgehead atoms. The van der Waals surface area contributed by atoms with Crippen LogP contribution in [0.5, 0.6) is 0 Å². The van der Waals surface area contributed by atoms with Gasteiger partial charge in [-0.25, -0.2) is 13.2 Å². The Morgan fingerprint density at radius 2 is 1.83 bits per heavy atom. The molecule has 2 N–H and O–H groups in total. The van der Waals surface area contributed by atoms with Gasteiger partial charge in [0, 0.05) is 26.2 Å². The van der Waals surface area contributed by atoms with Gasteiger partial charge >= 0.3 is 6.03 Å². The average molecular weight is 374 g/mol. The normalized spacial score (nSPS) is 27.2. The number of nitrogens with one attached hydrogen (secondary N) is 1. The maximum atomic E-state index is 12.3. The highest BCUT2D eigenvalue weighted by Crippen LogP contribution is 2.22. The zero-order valence-corrected chi connectivity index (χ0v) is 14.6. The summed E-state index contributed by atoms with van der Waals surface area (Å²) in [5, 5.41) is 13.2. The van der Waals surface area contributed by atoms with Gasteiger partial charge in [0.1, 0.15) is 0 Å². The molecule has 2 saturated heterocycles. The molecule has 2 aliphatic rings. The Morgan fingerprint density at radius 3 is 2.42 bits per heavy atom. The predicted molar refractivity (Wildman–Crippen MR) is 92.1 cm³/mol. The molecule has 0 aliphatic carbocycles. The Kier molecular flexibility index (Phi) is 5.00. The fraction of sp³-hybridized carbons (Fsp3) is 0.533. The predicted octanol–water partition coefficient (Wildman–Crippen LogP) is 0.647. The van der Waals surface area contributed by atoms with Crippen LogP contribution in [-0.4, -0.2) is 79.2 Å². The Balaban J connectivity index is 1.55. The second kappa shape index (κ2) is 6.87. The number of amides is 2. The smallest absolute Gasteiger partial charge is 0.321 e. The van der Waals surface area contributed by atoms with Crippen molar-refractivity contribution < 1.29 is 18.3 Å².